The third kappa shape index (κ3) is 8.44. The number of nitrogens with zero attached hydrogens (tertiary/aromatic N) is 1. The van der Waals surface area contributed by atoms with Gasteiger partial charge in [-0.3, -0.25) is 4.79 Å². The average molecular weight is 260 g/mol. The first kappa shape index (κ1) is 17.4. The summed E-state index contributed by atoms with van der Waals surface area (Å²) in [5.41, 5.74) is 0. The van der Waals surface area contributed by atoms with Crippen molar-refractivity contribution in [2.45, 2.75) is 33.2 Å². The van der Waals surface area contributed by atoms with Crippen molar-refractivity contribution >= 4 is 5.97 Å². The third-order valence-electron chi connectivity index (χ3n) is 2.72. The lowest BCUT2D eigenvalue weighted by Gasteiger charge is -2.25. The van der Waals surface area contributed by atoms with Gasteiger partial charge in [0.25, 0.3) is 0 Å². The first-order valence-electron chi connectivity index (χ1n) is 6.68. The molecule has 0 saturated heterocycles. The molecular weight excluding hydrogens is 232 g/mol. The van der Waals surface area contributed by atoms with E-state index in [1.807, 2.05) is 6.92 Å². The lowest BCUT2D eigenvalue weighted by molar-refractivity contribution is -0.139. The van der Waals surface area contributed by atoms with Gasteiger partial charge in [0.2, 0.25) is 0 Å². The number of likely N-dealkylation sites (N-methyl/N-ethyl adjacent to an activating group) is 1. The highest BCUT2D eigenvalue weighted by Crippen LogP contribution is 2.02. The SMILES string of the molecule is CCNC(CCN(CCOC)CC(C)C)C(=O)O. The van der Waals surface area contributed by atoms with Gasteiger partial charge in [0.05, 0.1) is 6.61 Å². The lowest BCUT2D eigenvalue weighted by Crippen LogP contribution is -2.41. The third-order valence-corrected chi connectivity index (χ3v) is 2.72. The number of methoxy groups -OCH3 is 1. The molecule has 0 heterocycles. The zero-order valence-corrected chi connectivity index (χ0v) is 12.1. The number of carboxylic acid groups (broad SMARTS) is 1. The standard InChI is InChI=1S/C13H28N2O3/c1-5-14-12(13(16)17)6-7-15(8-9-18-4)10-11(2)3/h11-12,14H,5-10H2,1-4H3,(H,16,17). The summed E-state index contributed by atoms with van der Waals surface area (Å²) in [5.74, 6) is -0.197. The number of carbonyl (C=O) groups is 1. The first-order chi connectivity index (χ1) is 8.51. The van der Waals surface area contributed by atoms with Gasteiger partial charge in [-0.25, -0.2) is 0 Å². The summed E-state index contributed by atoms with van der Waals surface area (Å²) >= 11 is 0. The maximum atomic E-state index is 11.0. The summed E-state index contributed by atoms with van der Waals surface area (Å²) in [7, 11) is 1.69. The van der Waals surface area contributed by atoms with Crippen LogP contribution in [-0.4, -0.2) is 61.9 Å². The maximum absolute atomic E-state index is 11.0. The Bertz CT molecular complexity index is 222. The van der Waals surface area contributed by atoms with Crippen molar-refractivity contribution in [1.29, 1.82) is 0 Å². The topological polar surface area (TPSA) is 61.8 Å². The zero-order valence-electron chi connectivity index (χ0n) is 12.1. The summed E-state index contributed by atoms with van der Waals surface area (Å²) in [6.45, 7) is 10.2. The highest BCUT2D eigenvalue weighted by Gasteiger charge is 2.17. The normalized spacial score (nSPS) is 13.2. The Morgan fingerprint density at radius 2 is 2.06 bits per heavy atom. The molecule has 2 N–H and O–H groups in total. The molecule has 18 heavy (non-hydrogen) atoms. The van der Waals surface area contributed by atoms with Crippen LogP contribution in [-0.2, 0) is 9.53 Å². The summed E-state index contributed by atoms with van der Waals surface area (Å²) in [6.07, 6.45) is 0.625. The summed E-state index contributed by atoms with van der Waals surface area (Å²) in [5, 5.41) is 12.1. The molecule has 0 aliphatic carbocycles. The predicted octanol–water partition coefficient (Wildman–Crippen LogP) is 1.04. The second-order valence-corrected chi connectivity index (χ2v) is 4.92. The van der Waals surface area contributed by atoms with E-state index in [1.165, 1.54) is 0 Å². The molecule has 0 rings (SSSR count). The smallest absolute Gasteiger partial charge is 0.320 e. The summed E-state index contributed by atoms with van der Waals surface area (Å²) in [6, 6.07) is -0.452. The maximum Gasteiger partial charge on any atom is 0.320 e. The molecule has 0 bridgehead atoms. The molecule has 1 unspecified atom stereocenters. The van der Waals surface area contributed by atoms with Gasteiger partial charge >= 0.3 is 5.97 Å². The molecule has 5 heteroatoms. The van der Waals surface area contributed by atoms with Crippen molar-refractivity contribution in [2.75, 3.05) is 39.9 Å². The van der Waals surface area contributed by atoms with Crippen molar-refractivity contribution < 1.29 is 14.6 Å². The number of hydrogen-bond donors (Lipinski definition) is 2. The van der Waals surface area contributed by atoms with E-state index in [-0.39, 0.29) is 0 Å². The van der Waals surface area contributed by atoms with Gasteiger partial charge in [-0.15, -0.1) is 0 Å². The van der Waals surface area contributed by atoms with E-state index in [9.17, 15) is 4.79 Å². The van der Waals surface area contributed by atoms with Crippen LogP contribution in [0, 0.1) is 5.92 Å². The fraction of sp³-hybridized carbons (Fsp3) is 0.923. The molecule has 0 aromatic carbocycles. The number of carboxylic acids is 1. The molecule has 0 amide bonds. The quantitative estimate of drug-likeness (QED) is 0.581. The predicted molar refractivity (Wildman–Crippen MR) is 72.9 cm³/mol. The highest BCUT2D eigenvalue weighted by atomic mass is 16.5. The van der Waals surface area contributed by atoms with Crippen LogP contribution in [0.2, 0.25) is 0 Å². The van der Waals surface area contributed by atoms with Gasteiger partial charge in [0, 0.05) is 26.7 Å². The Kier molecular flexibility index (Phi) is 9.92. The minimum Gasteiger partial charge on any atom is -0.480 e. The van der Waals surface area contributed by atoms with Crippen LogP contribution >= 0.6 is 0 Å². The number of rotatable bonds is 11. The van der Waals surface area contributed by atoms with Crippen LogP contribution in [0.1, 0.15) is 27.2 Å². The molecule has 5 nitrogen and oxygen atoms in total. The average Bonchev–Trinajstić information content (AvgIpc) is 2.29. The summed E-state index contributed by atoms with van der Waals surface area (Å²) in [4.78, 5) is 13.3. The molecule has 0 aliphatic rings. The van der Waals surface area contributed by atoms with Crippen LogP contribution in [0.15, 0.2) is 0 Å². The fourth-order valence-electron chi connectivity index (χ4n) is 1.90. The molecule has 0 aromatic rings. The summed E-state index contributed by atoms with van der Waals surface area (Å²) < 4.78 is 5.08. The highest BCUT2D eigenvalue weighted by molar-refractivity contribution is 5.73. The van der Waals surface area contributed by atoms with Crippen molar-refractivity contribution in [3.63, 3.8) is 0 Å². The van der Waals surface area contributed by atoms with Gasteiger partial charge in [0.1, 0.15) is 6.04 Å². The molecule has 0 aromatic heterocycles. The fourth-order valence-corrected chi connectivity index (χ4v) is 1.90. The zero-order chi connectivity index (χ0) is 14.0. The van der Waals surface area contributed by atoms with Gasteiger partial charge < -0.3 is 20.1 Å². The van der Waals surface area contributed by atoms with E-state index < -0.39 is 12.0 Å². The molecule has 0 saturated carbocycles. The van der Waals surface area contributed by atoms with Crippen LogP contribution in [0.5, 0.6) is 0 Å². The van der Waals surface area contributed by atoms with Crippen LogP contribution in [0.25, 0.3) is 0 Å². The number of nitrogens with one attached hydrogen (secondary N) is 1. The van der Waals surface area contributed by atoms with Crippen LogP contribution in [0.3, 0.4) is 0 Å². The van der Waals surface area contributed by atoms with Gasteiger partial charge in [-0.05, 0) is 18.9 Å². The van der Waals surface area contributed by atoms with Crippen molar-refractivity contribution in [3.8, 4) is 0 Å². The van der Waals surface area contributed by atoms with E-state index in [0.29, 0.717) is 25.5 Å². The van der Waals surface area contributed by atoms with Crippen molar-refractivity contribution in [3.05, 3.63) is 0 Å². The second kappa shape index (κ2) is 10.3. The largest absolute Gasteiger partial charge is 0.480 e. The molecule has 0 radical (unpaired) electrons. The van der Waals surface area contributed by atoms with Crippen LogP contribution in [0.4, 0.5) is 0 Å². The Morgan fingerprint density at radius 1 is 1.39 bits per heavy atom. The Hall–Kier alpha value is -0.650. The van der Waals surface area contributed by atoms with E-state index in [4.69, 9.17) is 9.84 Å². The van der Waals surface area contributed by atoms with E-state index in [1.54, 1.807) is 7.11 Å². The Labute approximate surface area is 110 Å². The molecule has 108 valence electrons. The van der Waals surface area contributed by atoms with E-state index in [2.05, 4.69) is 24.1 Å². The number of hydrogen-bond acceptors (Lipinski definition) is 4. The second-order valence-electron chi connectivity index (χ2n) is 4.92. The number of ether oxygens (including phenoxy) is 1. The Morgan fingerprint density at radius 3 is 2.50 bits per heavy atom. The van der Waals surface area contributed by atoms with Gasteiger partial charge in [-0.2, -0.15) is 0 Å². The molecule has 0 fully saturated rings. The monoisotopic (exact) mass is 260 g/mol. The molecule has 0 spiro atoms. The minimum absolute atomic E-state index is 0.452. The molecular formula is C13H28N2O3. The van der Waals surface area contributed by atoms with E-state index >= 15 is 0 Å². The van der Waals surface area contributed by atoms with Crippen LogP contribution < -0.4 is 5.32 Å². The molecule has 1 atom stereocenters. The van der Waals surface area contributed by atoms with E-state index in [0.717, 1.165) is 19.6 Å². The van der Waals surface area contributed by atoms with Crippen molar-refractivity contribution in [1.82, 2.24) is 10.2 Å². The van der Waals surface area contributed by atoms with Crippen molar-refractivity contribution in [2.24, 2.45) is 5.92 Å². The lowest BCUT2D eigenvalue weighted by atomic mass is 10.1. The van der Waals surface area contributed by atoms with Gasteiger partial charge in [0.15, 0.2) is 0 Å². The first-order valence-corrected chi connectivity index (χ1v) is 6.68. The Balaban J connectivity index is 4.15. The molecule has 0 aliphatic heterocycles. The number of aliphatic carboxylic acids is 1. The minimum atomic E-state index is -0.770. The van der Waals surface area contributed by atoms with Gasteiger partial charge in [-0.1, -0.05) is 20.8 Å².